The number of likely N-dealkylation sites (N-methyl/N-ethyl adjacent to an activating group) is 1. The average molecular weight is 262 g/mol. The maximum absolute atomic E-state index is 6.16. The number of hydrogen-bond donors (Lipinski definition) is 1. The predicted molar refractivity (Wildman–Crippen MR) is 79.8 cm³/mol. The minimum Gasteiger partial charge on any atom is -0.496 e. The van der Waals surface area contributed by atoms with Crippen molar-refractivity contribution in [2.45, 2.75) is 38.6 Å². The zero-order valence-electron chi connectivity index (χ0n) is 12.6. The maximum atomic E-state index is 6.16. The van der Waals surface area contributed by atoms with Crippen LogP contribution in [0.25, 0.3) is 0 Å². The van der Waals surface area contributed by atoms with E-state index >= 15 is 0 Å². The van der Waals surface area contributed by atoms with Gasteiger partial charge in [-0.2, -0.15) is 0 Å². The lowest BCUT2D eigenvalue weighted by atomic mass is 10.0. The summed E-state index contributed by atoms with van der Waals surface area (Å²) in [5.74, 6) is 1.01. The number of nitrogens with zero attached hydrogens (tertiary/aromatic N) is 1. The highest BCUT2D eigenvalue weighted by atomic mass is 16.5. The molecule has 0 unspecified atom stereocenters. The molecule has 106 valence electrons. The van der Waals surface area contributed by atoms with Crippen LogP contribution in [0.15, 0.2) is 12.1 Å². The highest BCUT2D eigenvalue weighted by molar-refractivity contribution is 5.43. The van der Waals surface area contributed by atoms with Crippen LogP contribution in [0.5, 0.6) is 5.75 Å². The zero-order chi connectivity index (χ0) is 14.0. The van der Waals surface area contributed by atoms with Crippen LogP contribution in [-0.2, 0) is 6.42 Å². The van der Waals surface area contributed by atoms with Crippen molar-refractivity contribution in [2.75, 3.05) is 27.2 Å². The number of methoxy groups -OCH3 is 1. The van der Waals surface area contributed by atoms with Gasteiger partial charge in [0.25, 0.3) is 0 Å². The van der Waals surface area contributed by atoms with Gasteiger partial charge in [0.05, 0.1) is 7.11 Å². The van der Waals surface area contributed by atoms with Crippen LogP contribution in [0, 0.1) is 13.8 Å². The van der Waals surface area contributed by atoms with E-state index < -0.39 is 0 Å². The van der Waals surface area contributed by atoms with Gasteiger partial charge in [-0.3, -0.25) is 0 Å². The Hall–Kier alpha value is -1.06. The first-order valence-electron chi connectivity index (χ1n) is 7.05. The summed E-state index contributed by atoms with van der Waals surface area (Å²) in [6.07, 6.45) is 3.36. The van der Waals surface area contributed by atoms with Crippen molar-refractivity contribution in [3.8, 4) is 5.75 Å². The highest BCUT2D eigenvalue weighted by Gasteiger charge is 2.38. The number of hydrogen-bond acceptors (Lipinski definition) is 3. The molecule has 0 bridgehead atoms. The number of nitrogens with two attached hydrogens (primary N) is 1. The first-order chi connectivity index (χ1) is 8.93. The fourth-order valence-electron chi connectivity index (χ4n) is 2.70. The van der Waals surface area contributed by atoms with Crippen LogP contribution in [0.4, 0.5) is 0 Å². The minimum absolute atomic E-state index is 0.0984. The Labute approximate surface area is 116 Å². The number of ether oxygens (including phenoxy) is 1. The monoisotopic (exact) mass is 262 g/mol. The molecule has 0 radical (unpaired) electrons. The third kappa shape index (κ3) is 3.71. The molecule has 0 atom stereocenters. The number of benzene rings is 1. The molecule has 1 aromatic carbocycles. The van der Waals surface area contributed by atoms with Gasteiger partial charge in [0.15, 0.2) is 0 Å². The van der Waals surface area contributed by atoms with Crippen LogP contribution in [-0.4, -0.2) is 37.7 Å². The molecule has 3 heteroatoms. The maximum Gasteiger partial charge on any atom is 0.122 e. The molecule has 0 heterocycles. The molecule has 1 aliphatic carbocycles. The van der Waals surface area contributed by atoms with Crippen molar-refractivity contribution < 1.29 is 4.74 Å². The molecular formula is C16H26N2O. The second-order valence-electron chi connectivity index (χ2n) is 6.11. The van der Waals surface area contributed by atoms with Gasteiger partial charge in [0.1, 0.15) is 5.75 Å². The standard InChI is InChI=1S/C16H26N2O/c1-12-9-13(2)14(15(10-12)19-4)5-8-18(3)11-16(17)6-7-16/h9-10H,5-8,11,17H2,1-4H3. The van der Waals surface area contributed by atoms with Crippen molar-refractivity contribution in [1.82, 2.24) is 4.90 Å². The van der Waals surface area contributed by atoms with Gasteiger partial charge in [-0.05, 0) is 62.9 Å². The van der Waals surface area contributed by atoms with E-state index in [1.165, 1.54) is 29.5 Å². The topological polar surface area (TPSA) is 38.5 Å². The lowest BCUT2D eigenvalue weighted by Crippen LogP contribution is -2.38. The third-order valence-electron chi connectivity index (χ3n) is 4.02. The van der Waals surface area contributed by atoms with Crippen LogP contribution in [0.3, 0.4) is 0 Å². The van der Waals surface area contributed by atoms with Gasteiger partial charge in [0, 0.05) is 18.6 Å². The molecule has 2 rings (SSSR count). The number of rotatable bonds is 6. The molecule has 3 nitrogen and oxygen atoms in total. The lowest BCUT2D eigenvalue weighted by molar-refractivity contribution is 0.304. The Morgan fingerprint density at radius 1 is 1.32 bits per heavy atom. The van der Waals surface area contributed by atoms with E-state index in [2.05, 4.69) is 37.9 Å². The van der Waals surface area contributed by atoms with Gasteiger partial charge in [0.2, 0.25) is 0 Å². The quantitative estimate of drug-likeness (QED) is 0.855. The fourth-order valence-corrected chi connectivity index (χ4v) is 2.70. The van der Waals surface area contributed by atoms with Crippen molar-refractivity contribution in [2.24, 2.45) is 5.73 Å². The molecule has 1 aliphatic rings. The summed E-state index contributed by atoms with van der Waals surface area (Å²) in [6, 6.07) is 4.34. The van der Waals surface area contributed by atoms with Gasteiger partial charge < -0.3 is 15.4 Å². The molecule has 0 aliphatic heterocycles. The Balaban J connectivity index is 1.98. The van der Waals surface area contributed by atoms with Gasteiger partial charge in [-0.1, -0.05) is 6.07 Å². The molecule has 0 saturated heterocycles. The van der Waals surface area contributed by atoms with Gasteiger partial charge in [-0.15, -0.1) is 0 Å². The summed E-state index contributed by atoms with van der Waals surface area (Å²) in [5.41, 5.74) is 10.1. The van der Waals surface area contributed by atoms with E-state index in [0.717, 1.165) is 25.3 Å². The number of aryl methyl sites for hydroxylation is 2. The van der Waals surface area contributed by atoms with Crippen molar-refractivity contribution >= 4 is 0 Å². The average Bonchev–Trinajstić information content (AvgIpc) is 3.04. The molecule has 1 aromatic rings. The van der Waals surface area contributed by atoms with E-state index in [-0.39, 0.29) is 5.54 Å². The van der Waals surface area contributed by atoms with E-state index in [0.29, 0.717) is 0 Å². The van der Waals surface area contributed by atoms with Gasteiger partial charge >= 0.3 is 0 Å². The Morgan fingerprint density at radius 2 is 2.00 bits per heavy atom. The predicted octanol–water partition coefficient (Wildman–Crippen LogP) is 2.28. The molecule has 1 fully saturated rings. The summed E-state index contributed by atoms with van der Waals surface area (Å²) in [6.45, 7) is 6.30. The Kier molecular flexibility index (Phi) is 4.16. The fraction of sp³-hybridized carbons (Fsp3) is 0.625. The first-order valence-corrected chi connectivity index (χ1v) is 7.05. The van der Waals surface area contributed by atoms with E-state index in [9.17, 15) is 0 Å². The van der Waals surface area contributed by atoms with Crippen LogP contribution >= 0.6 is 0 Å². The summed E-state index contributed by atoms with van der Waals surface area (Å²) in [7, 11) is 3.91. The van der Waals surface area contributed by atoms with Crippen molar-refractivity contribution in [1.29, 1.82) is 0 Å². The molecule has 2 N–H and O–H groups in total. The van der Waals surface area contributed by atoms with E-state index in [1.807, 2.05) is 0 Å². The molecule has 0 aromatic heterocycles. The Morgan fingerprint density at radius 3 is 2.58 bits per heavy atom. The van der Waals surface area contributed by atoms with E-state index in [1.54, 1.807) is 7.11 Å². The van der Waals surface area contributed by atoms with Crippen molar-refractivity contribution in [3.63, 3.8) is 0 Å². The molecule has 19 heavy (non-hydrogen) atoms. The first kappa shape index (κ1) is 14.4. The van der Waals surface area contributed by atoms with Crippen molar-refractivity contribution in [3.05, 3.63) is 28.8 Å². The molecular weight excluding hydrogens is 236 g/mol. The minimum atomic E-state index is 0.0984. The largest absolute Gasteiger partial charge is 0.496 e. The SMILES string of the molecule is COc1cc(C)cc(C)c1CCN(C)CC1(N)CC1. The smallest absolute Gasteiger partial charge is 0.122 e. The summed E-state index contributed by atoms with van der Waals surface area (Å²) >= 11 is 0. The van der Waals surface area contributed by atoms with E-state index in [4.69, 9.17) is 10.5 Å². The summed E-state index contributed by atoms with van der Waals surface area (Å²) in [5, 5.41) is 0. The normalized spacial score (nSPS) is 16.7. The second kappa shape index (κ2) is 5.51. The molecule has 0 amide bonds. The van der Waals surface area contributed by atoms with Crippen LogP contribution in [0.1, 0.15) is 29.5 Å². The Bertz CT molecular complexity index is 452. The van der Waals surface area contributed by atoms with Crippen LogP contribution < -0.4 is 10.5 Å². The third-order valence-corrected chi connectivity index (χ3v) is 4.02. The lowest BCUT2D eigenvalue weighted by Gasteiger charge is -2.22. The summed E-state index contributed by atoms with van der Waals surface area (Å²) < 4.78 is 5.51. The zero-order valence-corrected chi connectivity index (χ0v) is 12.6. The molecule has 0 spiro atoms. The van der Waals surface area contributed by atoms with Gasteiger partial charge in [-0.25, -0.2) is 0 Å². The second-order valence-corrected chi connectivity index (χ2v) is 6.11. The molecule has 1 saturated carbocycles. The summed E-state index contributed by atoms with van der Waals surface area (Å²) in [4.78, 5) is 2.34. The highest BCUT2D eigenvalue weighted by Crippen LogP contribution is 2.32. The van der Waals surface area contributed by atoms with Crippen LogP contribution in [0.2, 0.25) is 0 Å².